The summed E-state index contributed by atoms with van der Waals surface area (Å²) in [5.41, 5.74) is 2.82. The molecule has 2 unspecified atom stereocenters. The highest BCUT2D eigenvalue weighted by Crippen LogP contribution is 2.33. The summed E-state index contributed by atoms with van der Waals surface area (Å²) in [6, 6.07) is 0.201. The molecule has 0 aromatic carbocycles. The van der Waals surface area contributed by atoms with Crippen LogP contribution in [-0.2, 0) is 9.84 Å². The number of hydrazine groups is 1. The lowest BCUT2D eigenvalue weighted by atomic mass is 9.78. The van der Waals surface area contributed by atoms with Gasteiger partial charge in [0.25, 0.3) is 0 Å². The molecule has 2 aliphatic rings. The second-order valence-electron chi connectivity index (χ2n) is 4.97. The van der Waals surface area contributed by atoms with E-state index in [0.29, 0.717) is 11.5 Å². The van der Waals surface area contributed by atoms with Crippen molar-refractivity contribution in [3.8, 4) is 0 Å². The van der Waals surface area contributed by atoms with Gasteiger partial charge in [0.2, 0.25) is 0 Å². The van der Waals surface area contributed by atoms with Gasteiger partial charge in [0.15, 0.2) is 9.84 Å². The minimum atomic E-state index is -2.77. The zero-order chi connectivity index (χ0) is 10.9. The highest BCUT2D eigenvalue weighted by atomic mass is 32.2. The van der Waals surface area contributed by atoms with Crippen molar-refractivity contribution in [3.63, 3.8) is 0 Å². The molecule has 0 bridgehead atoms. The quantitative estimate of drug-likeness (QED) is 0.545. The van der Waals surface area contributed by atoms with E-state index in [-0.39, 0.29) is 12.0 Å². The zero-order valence-corrected chi connectivity index (χ0v) is 9.80. The van der Waals surface area contributed by atoms with Crippen molar-refractivity contribution in [3.05, 3.63) is 0 Å². The molecule has 1 aliphatic carbocycles. The fourth-order valence-electron chi connectivity index (χ4n) is 2.63. The van der Waals surface area contributed by atoms with Gasteiger partial charge in [0.05, 0.1) is 11.5 Å². The minimum absolute atomic E-state index is 0.201. The Hall–Kier alpha value is -0.130. The van der Waals surface area contributed by atoms with Gasteiger partial charge >= 0.3 is 0 Å². The molecule has 0 amide bonds. The molecule has 1 aliphatic heterocycles. The maximum atomic E-state index is 11.4. The van der Waals surface area contributed by atoms with Crippen molar-refractivity contribution in [1.82, 2.24) is 5.43 Å². The first-order chi connectivity index (χ1) is 7.11. The highest BCUT2D eigenvalue weighted by molar-refractivity contribution is 7.91. The maximum absolute atomic E-state index is 11.4. The molecular weight excluding hydrogens is 212 g/mol. The Morgan fingerprint density at radius 3 is 2.47 bits per heavy atom. The molecule has 15 heavy (non-hydrogen) atoms. The van der Waals surface area contributed by atoms with Gasteiger partial charge in [-0.1, -0.05) is 19.3 Å². The van der Waals surface area contributed by atoms with Gasteiger partial charge < -0.3 is 0 Å². The molecule has 1 heterocycles. The van der Waals surface area contributed by atoms with E-state index in [2.05, 4.69) is 5.43 Å². The Morgan fingerprint density at radius 1 is 1.33 bits per heavy atom. The van der Waals surface area contributed by atoms with Crippen molar-refractivity contribution in [1.29, 1.82) is 0 Å². The number of nitrogens with two attached hydrogens (primary N) is 1. The monoisotopic (exact) mass is 232 g/mol. The lowest BCUT2D eigenvalue weighted by Gasteiger charge is -2.31. The lowest BCUT2D eigenvalue weighted by molar-refractivity contribution is 0.230. The predicted molar refractivity (Wildman–Crippen MR) is 59.8 cm³/mol. The van der Waals surface area contributed by atoms with Crippen LogP contribution < -0.4 is 11.3 Å². The van der Waals surface area contributed by atoms with E-state index in [4.69, 9.17) is 5.84 Å². The van der Waals surface area contributed by atoms with Crippen LogP contribution in [0, 0.1) is 11.8 Å². The molecule has 0 spiro atoms. The third kappa shape index (κ3) is 2.71. The average molecular weight is 232 g/mol. The first-order valence-electron chi connectivity index (χ1n) is 5.77. The number of hydrogen-bond donors (Lipinski definition) is 2. The van der Waals surface area contributed by atoms with E-state index in [0.717, 1.165) is 18.8 Å². The van der Waals surface area contributed by atoms with E-state index in [1.807, 2.05) is 0 Å². The number of nitrogens with one attached hydrogen (secondary N) is 1. The third-order valence-corrected chi connectivity index (χ3v) is 5.66. The van der Waals surface area contributed by atoms with Crippen LogP contribution in [0.2, 0.25) is 0 Å². The average Bonchev–Trinajstić information content (AvgIpc) is 2.44. The van der Waals surface area contributed by atoms with Gasteiger partial charge in [-0.15, -0.1) is 0 Å². The van der Waals surface area contributed by atoms with Crippen molar-refractivity contribution in [2.45, 2.75) is 38.1 Å². The molecule has 2 rings (SSSR count). The molecule has 3 N–H and O–H groups in total. The van der Waals surface area contributed by atoms with Gasteiger partial charge in [0, 0.05) is 6.04 Å². The second-order valence-corrected chi connectivity index (χ2v) is 7.20. The van der Waals surface area contributed by atoms with Crippen LogP contribution in [0.3, 0.4) is 0 Å². The Balaban J connectivity index is 1.89. The lowest BCUT2D eigenvalue weighted by Crippen LogP contribution is -2.43. The SMILES string of the molecule is NNC(CC1CCC1)C1CCS(=O)(=O)C1. The van der Waals surface area contributed by atoms with Crippen LogP contribution in [0.1, 0.15) is 32.1 Å². The maximum Gasteiger partial charge on any atom is 0.150 e. The fourth-order valence-corrected chi connectivity index (χ4v) is 4.51. The van der Waals surface area contributed by atoms with E-state index in [1.165, 1.54) is 19.3 Å². The summed E-state index contributed by atoms with van der Waals surface area (Å²) in [6.07, 6.45) is 5.74. The van der Waals surface area contributed by atoms with Crippen molar-refractivity contribution >= 4 is 9.84 Å². The fraction of sp³-hybridized carbons (Fsp3) is 1.00. The van der Waals surface area contributed by atoms with Gasteiger partial charge in [-0.2, -0.15) is 0 Å². The molecule has 0 aromatic heterocycles. The van der Waals surface area contributed by atoms with Crippen LogP contribution in [0.4, 0.5) is 0 Å². The summed E-state index contributed by atoms with van der Waals surface area (Å²) >= 11 is 0. The topological polar surface area (TPSA) is 72.2 Å². The predicted octanol–water partition coefficient (Wildman–Crippen LogP) is 0.443. The third-order valence-electron chi connectivity index (χ3n) is 3.86. The molecule has 0 radical (unpaired) electrons. The molecule has 2 fully saturated rings. The first-order valence-corrected chi connectivity index (χ1v) is 7.59. The summed E-state index contributed by atoms with van der Waals surface area (Å²) in [7, 11) is -2.77. The van der Waals surface area contributed by atoms with Crippen molar-refractivity contribution in [2.75, 3.05) is 11.5 Å². The van der Waals surface area contributed by atoms with Gasteiger partial charge in [0.1, 0.15) is 0 Å². The van der Waals surface area contributed by atoms with E-state index < -0.39 is 9.84 Å². The summed E-state index contributed by atoms with van der Waals surface area (Å²) in [4.78, 5) is 0. The largest absolute Gasteiger partial charge is 0.271 e. The number of rotatable bonds is 4. The van der Waals surface area contributed by atoms with Gasteiger partial charge in [-0.25, -0.2) is 8.42 Å². The van der Waals surface area contributed by atoms with Gasteiger partial charge in [-0.05, 0) is 24.7 Å². The molecular formula is C10H20N2O2S. The van der Waals surface area contributed by atoms with E-state index in [9.17, 15) is 8.42 Å². The molecule has 2 atom stereocenters. The van der Waals surface area contributed by atoms with Crippen LogP contribution in [0.5, 0.6) is 0 Å². The molecule has 0 aromatic rings. The standard InChI is InChI=1S/C10H20N2O2S/c11-12-10(6-8-2-1-3-8)9-4-5-15(13,14)7-9/h8-10,12H,1-7,11H2. The summed E-state index contributed by atoms with van der Waals surface area (Å²) < 4.78 is 22.7. The van der Waals surface area contributed by atoms with Crippen LogP contribution in [0.25, 0.3) is 0 Å². The number of sulfone groups is 1. The zero-order valence-electron chi connectivity index (χ0n) is 8.98. The Bertz CT molecular complexity index is 311. The van der Waals surface area contributed by atoms with Crippen LogP contribution in [0.15, 0.2) is 0 Å². The summed E-state index contributed by atoms with van der Waals surface area (Å²) in [5.74, 6) is 7.21. The second kappa shape index (κ2) is 4.39. The Labute approximate surface area is 91.5 Å². The Morgan fingerprint density at radius 2 is 2.07 bits per heavy atom. The molecule has 5 heteroatoms. The number of hydrogen-bond acceptors (Lipinski definition) is 4. The summed E-state index contributed by atoms with van der Waals surface area (Å²) in [5, 5.41) is 0. The minimum Gasteiger partial charge on any atom is -0.271 e. The van der Waals surface area contributed by atoms with Crippen molar-refractivity contribution < 1.29 is 8.42 Å². The van der Waals surface area contributed by atoms with Crippen molar-refractivity contribution in [2.24, 2.45) is 17.7 Å². The first kappa shape index (κ1) is 11.4. The molecule has 4 nitrogen and oxygen atoms in total. The van der Waals surface area contributed by atoms with Gasteiger partial charge in [-0.3, -0.25) is 11.3 Å². The smallest absolute Gasteiger partial charge is 0.150 e. The molecule has 1 saturated carbocycles. The van der Waals surface area contributed by atoms with Crippen LogP contribution >= 0.6 is 0 Å². The summed E-state index contributed by atoms with van der Waals surface area (Å²) in [6.45, 7) is 0. The van der Waals surface area contributed by atoms with Crippen LogP contribution in [-0.4, -0.2) is 26.0 Å². The van der Waals surface area contributed by atoms with E-state index in [1.54, 1.807) is 0 Å². The normalized spacial score (nSPS) is 32.5. The Kier molecular flexibility index (Phi) is 3.33. The van der Waals surface area contributed by atoms with E-state index >= 15 is 0 Å². The molecule has 88 valence electrons. The highest BCUT2D eigenvalue weighted by Gasteiger charge is 2.35. The molecule has 1 saturated heterocycles.